The van der Waals surface area contributed by atoms with Crippen molar-refractivity contribution < 1.29 is 13.5 Å². The summed E-state index contributed by atoms with van der Waals surface area (Å²) in [5.41, 5.74) is 0.739. The number of rotatable bonds is 7. The van der Waals surface area contributed by atoms with Crippen molar-refractivity contribution in [1.82, 2.24) is 14.2 Å². The van der Waals surface area contributed by atoms with E-state index in [0.717, 1.165) is 38.2 Å². The molecule has 1 N–H and O–H groups in total. The molecule has 1 unspecified atom stereocenters. The van der Waals surface area contributed by atoms with Gasteiger partial charge in [0.25, 0.3) is 0 Å². The lowest BCUT2D eigenvalue weighted by Crippen LogP contribution is -2.37. The van der Waals surface area contributed by atoms with Gasteiger partial charge in [-0.1, -0.05) is 6.07 Å². The zero-order valence-electron chi connectivity index (χ0n) is 13.9. The fourth-order valence-corrected chi connectivity index (χ4v) is 3.80. The third-order valence-corrected chi connectivity index (χ3v) is 6.42. The van der Waals surface area contributed by atoms with Crippen LogP contribution in [0.15, 0.2) is 24.4 Å². The zero-order valence-corrected chi connectivity index (χ0v) is 14.7. The normalized spacial score (nSPS) is 19.1. The van der Waals surface area contributed by atoms with E-state index in [1.165, 1.54) is 4.31 Å². The van der Waals surface area contributed by atoms with E-state index in [9.17, 15) is 13.5 Å². The van der Waals surface area contributed by atoms with E-state index in [1.54, 1.807) is 20.3 Å². The molecule has 1 fully saturated rings. The largest absolute Gasteiger partial charge is 0.387 e. The number of piperidine rings is 1. The molecule has 0 radical (unpaired) electrons. The minimum Gasteiger partial charge on any atom is -0.387 e. The Morgan fingerprint density at radius 3 is 2.61 bits per heavy atom. The molecule has 0 bridgehead atoms. The van der Waals surface area contributed by atoms with Gasteiger partial charge in [-0.3, -0.25) is 4.98 Å². The van der Waals surface area contributed by atoms with Crippen LogP contribution in [-0.2, 0) is 10.0 Å². The predicted octanol–water partition coefficient (Wildman–Crippen LogP) is 1.11. The molecule has 1 saturated heterocycles. The van der Waals surface area contributed by atoms with Crippen LogP contribution in [0.1, 0.15) is 31.1 Å². The molecule has 2 rings (SSSR count). The van der Waals surface area contributed by atoms with Crippen LogP contribution in [0.3, 0.4) is 0 Å². The number of nitrogens with zero attached hydrogens (tertiary/aromatic N) is 3. The van der Waals surface area contributed by atoms with Crippen molar-refractivity contribution in [3.8, 4) is 0 Å². The van der Waals surface area contributed by atoms with Gasteiger partial charge in [0.1, 0.15) is 0 Å². The van der Waals surface area contributed by atoms with E-state index in [0.29, 0.717) is 6.42 Å². The molecule has 1 aromatic heterocycles. The summed E-state index contributed by atoms with van der Waals surface area (Å²) in [4.78, 5) is 6.52. The van der Waals surface area contributed by atoms with Crippen molar-refractivity contribution in [3.05, 3.63) is 30.1 Å². The molecule has 0 saturated carbocycles. The summed E-state index contributed by atoms with van der Waals surface area (Å²) in [5, 5.41) is 10.4. The molecule has 23 heavy (non-hydrogen) atoms. The number of aromatic nitrogens is 1. The number of aliphatic hydroxyl groups is 1. The Balaban J connectivity index is 1.74. The second-order valence-electron chi connectivity index (χ2n) is 6.33. The van der Waals surface area contributed by atoms with Crippen LogP contribution in [0.4, 0.5) is 0 Å². The Hall–Kier alpha value is -1.02. The molecule has 2 heterocycles. The lowest BCUT2D eigenvalue weighted by atomic mass is 9.89. The molecule has 0 spiro atoms. The standard InChI is InChI=1S/C16H27N3O3S/c1-18(2)23(21,22)13-5-10-19-11-7-14(8-12-19)16(20)15-6-3-4-9-17-15/h3-4,6,9,14,16,20H,5,7-8,10-13H2,1-2H3. The minimum atomic E-state index is -3.10. The average Bonchev–Trinajstić information content (AvgIpc) is 2.55. The van der Waals surface area contributed by atoms with Crippen LogP contribution >= 0.6 is 0 Å². The van der Waals surface area contributed by atoms with Crippen molar-refractivity contribution in [2.45, 2.75) is 25.4 Å². The van der Waals surface area contributed by atoms with Crippen LogP contribution < -0.4 is 0 Å². The highest BCUT2D eigenvalue weighted by molar-refractivity contribution is 7.89. The first-order valence-electron chi connectivity index (χ1n) is 8.11. The molecular weight excluding hydrogens is 314 g/mol. The van der Waals surface area contributed by atoms with E-state index in [4.69, 9.17) is 0 Å². The lowest BCUT2D eigenvalue weighted by molar-refractivity contribution is 0.0561. The first-order chi connectivity index (χ1) is 10.9. The Morgan fingerprint density at radius 2 is 2.04 bits per heavy atom. The SMILES string of the molecule is CN(C)S(=O)(=O)CCCN1CCC(C(O)c2ccccn2)CC1. The van der Waals surface area contributed by atoms with Gasteiger partial charge in [-0.15, -0.1) is 0 Å². The van der Waals surface area contributed by atoms with Gasteiger partial charge >= 0.3 is 0 Å². The summed E-state index contributed by atoms with van der Waals surface area (Å²) < 4.78 is 24.8. The molecule has 0 aromatic carbocycles. The maximum absolute atomic E-state index is 11.7. The molecule has 130 valence electrons. The van der Waals surface area contributed by atoms with Gasteiger partial charge in [-0.25, -0.2) is 12.7 Å². The van der Waals surface area contributed by atoms with Crippen molar-refractivity contribution in [1.29, 1.82) is 0 Å². The monoisotopic (exact) mass is 341 g/mol. The Labute approximate surface area is 139 Å². The molecule has 6 nitrogen and oxygen atoms in total. The maximum Gasteiger partial charge on any atom is 0.213 e. The number of likely N-dealkylation sites (tertiary alicyclic amines) is 1. The van der Waals surface area contributed by atoms with Crippen LogP contribution in [-0.4, -0.2) is 67.2 Å². The fraction of sp³-hybridized carbons (Fsp3) is 0.688. The van der Waals surface area contributed by atoms with Crippen molar-refractivity contribution in [2.24, 2.45) is 5.92 Å². The minimum absolute atomic E-state index is 0.191. The highest BCUT2D eigenvalue weighted by Gasteiger charge is 2.27. The van der Waals surface area contributed by atoms with Crippen molar-refractivity contribution in [3.63, 3.8) is 0 Å². The summed E-state index contributed by atoms with van der Waals surface area (Å²) in [6, 6.07) is 5.61. The molecule has 0 amide bonds. The molecule has 1 aliphatic rings. The third kappa shape index (κ3) is 5.24. The smallest absolute Gasteiger partial charge is 0.213 e. The van der Waals surface area contributed by atoms with Crippen molar-refractivity contribution in [2.75, 3.05) is 39.5 Å². The molecular formula is C16H27N3O3S. The van der Waals surface area contributed by atoms with E-state index >= 15 is 0 Å². The first-order valence-corrected chi connectivity index (χ1v) is 9.72. The van der Waals surface area contributed by atoms with Crippen LogP contribution in [0.5, 0.6) is 0 Å². The molecule has 1 aromatic rings. The maximum atomic E-state index is 11.7. The number of pyridine rings is 1. The topological polar surface area (TPSA) is 73.7 Å². The van der Waals surface area contributed by atoms with Gasteiger partial charge in [0.15, 0.2) is 0 Å². The lowest BCUT2D eigenvalue weighted by Gasteiger charge is -2.34. The molecule has 1 atom stereocenters. The third-order valence-electron chi connectivity index (χ3n) is 4.50. The van der Waals surface area contributed by atoms with Crippen LogP contribution in [0, 0.1) is 5.92 Å². The van der Waals surface area contributed by atoms with Gasteiger partial charge in [0.2, 0.25) is 10.0 Å². The number of hydrogen-bond acceptors (Lipinski definition) is 5. The summed E-state index contributed by atoms with van der Waals surface area (Å²) in [6.45, 7) is 2.59. The van der Waals surface area contributed by atoms with E-state index in [-0.39, 0.29) is 11.7 Å². The van der Waals surface area contributed by atoms with E-state index in [1.807, 2.05) is 18.2 Å². The van der Waals surface area contributed by atoms with Gasteiger partial charge in [-0.2, -0.15) is 0 Å². The summed E-state index contributed by atoms with van der Waals surface area (Å²) in [6.07, 6.45) is 3.68. The van der Waals surface area contributed by atoms with E-state index in [2.05, 4.69) is 9.88 Å². The summed E-state index contributed by atoms with van der Waals surface area (Å²) >= 11 is 0. The molecule has 1 aliphatic heterocycles. The number of sulfonamides is 1. The molecule has 0 aliphatic carbocycles. The summed E-state index contributed by atoms with van der Waals surface area (Å²) in [5.74, 6) is 0.419. The van der Waals surface area contributed by atoms with Crippen molar-refractivity contribution >= 4 is 10.0 Å². The number of aliphatic hydroxyl groups excluding tert-OH is 1. The molecule has 7 heteroatoms. The second-order valence-corrected chi connectivity index (χ2v) is 8.63. The van der Waals surface area contributed by atoms with Crippen LogP contribution in [0.2, 0.25) is 0 Å². The first kappa shape index (κ1) is 18.3. The average molecular weight is 341 g/mol. The quantitative estimate of drug-likeness (QED) is 0.804. The number of hydrogen-bond donors (Lipinski definition) is 1. The van der Waals surface area contributed by atoms with E-state index < -0.39 is 16.1 Å². The Bertz CT molecular complexity index is 569. The zero-order chi connectivity index (χ0) is 16.9. The summed E-state index contributed by atoms with van der Waals surface area (Å²) in [7, 11) is 0.0377. The van der Waals surface area contributed by atoms with Gasteiger partial charge in [0.05, 0.1) is 17.6 Å². The second kappa shape index (κ2) is 8.19. The van der Waals surface area contributed by atoms with Gasteiger partial charge < -0.3 is 10.0 Å². The highest BCUT2D eigenvalue weighted by Crippen LogP contribution is 2.29. The van der Waals surface area contributed by atoms with Gasteiger partial charge in [-0.05, 0) is 56.9 Å². The predicted molar refractivity (Wildman–Crippen MR) is 90.5 cm³/mol. The van der Waals surface area contributed by atoms with Crippen LogP contribution in [0.25, 0.3) is 0 Å². The highest BCUT2D eigenvalue weighted by atomic mass is 32.2. The fourth-order valence-electron chi connectivity index (χ4n) is 2.94. The van der Waals surface area contributed by atoms with Gasteiger partial charge in [0, 0.05) is 20.3 Å². The Kier molecular flexibility index (Phi) is 6.52. The Morgan fingerprint density at radius 1 is 1.35 bits per heavy atom.